The Morgan fingerprint density at radius 2 is 1.81 bits per heavy atom. The Balaban J connectivity index is 1.14. The van der Waals surface area contributed by atoms with Gasteiger partial charge in [0.1, 0.15) is 11.6 Å². The number of fused-ring (bicyclic) bond motifs is 2. The van der Waals surface area contributed by atoms with Gasteiger partial charge in [0.15, 0.2) is 5.58 Å². The average molecular weight is 417 g/mol. The number of carbonyl (C=O) groups is 1. The molecule has 0 aliphatic carbocycles. The minimum absolute atomic E-state index is 0.158. The lowest BCUT2D eigenvalue weighted by Gasteiger charge is -2.34. The lowest BCUT2D eigenvalue weighted by atomic mass is 9.98. The zero-order chi connectivity index (χ0) is 20.8. The van der Waals surface area contributed by atoms with Crippen LogP contribution in [0.3, 0.4) is 0 Å². The molecule has 2 fully saturated rings. The SMILES string of the molecule is O=C(C1CCCN1c1nc2ccccc2o1)N1CCC(N2CCc3ccccc3C2)C1. The van der Waals surface area contributed by atoms with Crippen LogP contribution in [0.2, 0.25) is 0 Å². The highest BCUT2D eigenvalue weighted by atomic mass is 16.4. The summed E-state index contributed by atoms with van der Waals surface area (Å²) in [6, 6.07) is 17.4. The fraction of sp³-hybridized carbons (Fsp3) is 0.440. The van der Waals surface area contributed by atoms with Gasteiger partial charge in [-0.1, -0.05) is 36.4 Å². The standard InChI is InChI=1S/C25H28N4O2/c30-24(22-9-5-13-29(22)25-26-21-8-3-4-10-23(21)31-25)28-15-12-20(17-28)27-14-11-18-6-1-2-7-19(18)16-27/h1-4,6-8,10,20,22H,5,9,11-17H2. The monoisotopic (exact) mass is 416 g/mol. The summed E-state index contributed by atoms with van der Waals surface area (Å²) >= 11 is 0. The normalized spacial score (nSPS) is 24.1. The number of oxazole rings is 1. The number of nitrogens with zero attached hydrogens (tertiary/aromatic N) is 4. The van der Waals surface area contributed by atoms with Crippen molar-refractivity contribution in [3.05, 3.63) is 59.7 Å². The third kappa shape index (κ3) is 3.39. The number of rotatable bonds is 3. The van der Waals surface area contributed by atoms with Crippen LogP contribution < -0.4 is 4.90 Å². The summed E-state index contributed by atoms with van der Waals surface area (Å²) in [5.74, 6) is 0.236. The van der Waals surface area contributed by atoms with Gasteiger partial charge in [0.05, 0.1) is 0 Å². The van der Waals surface area contributed by atoms with Gasteiger partial charge in [-0.25, -0.2) is 0 Å². The summed E-state index contributed by atoms with van der Waals surface area (Å²) in [6.45, 7) is 4.59. The molecule has 6 heteroatoms. The van der Waals surface area contributed by atoms with Crippen LogP contribution in [-0.2, 0) is 17.8 Å². The molecule has 1 aromatic heterocycles. The highest BCUT2D eigenvalue weighted by Gasteiger charge is 2.39. The molecule has 6 rings (SSSR count). The highest BCUT2D eigenvalue weighted by Crippen LogP contribution is 2.31. The van der Waals surface area contributed by atoms with Crippen LogP contribution in [0.1, 0.15) is 30.4 Å². The summed E-state index contributed by atoms with van der Waals surface area (Å²) in [5.41, 5.74) is 4.55. The zero-order valence-corrected chi connectivity index (χ0v) is 17.7. The molecule has 0 radical (unpaired) electrons. The van der Waals surface area contributed by atoms with Crippen LogP contribution in [0.25, 0.3) is 11.1 Å². The molecule has 3 aromatic rings. The molecule has 4 heterocycles. The first kappa shape index (κ1) is 18.9. The third-order valence-electron chi connectivity index (χ3n) is 7.22. The molecule has 1 amide bonds. The molecule has 2 saturated heterocycles. The predicted octanol–water partition coefficient (Wildman–Crippen LogP) is 3.46. The summed E-state index contributed by atoms with van der Waals surface area (Å²) < 4.78 is 5.98. The minimum Gasteiger partial charge on any atom is -0.423 e. The van der Waals surface area contributed by atoms with Crippen LogP contribution in [0.4, 0.5) is 6.01 Å². The van der Waals surface area contributed by atoms with E-state index in [1.165, 1.54) is 11.1 Å². The van der Waals surface area contributed by atoms with Crippen molar-refractivity contribution in [2.75, 3.05) is 31.1 Å². The number of hydrogen-bond acceptors (Lipinski definition) is 5. The van der Waals surface area contributed by atoms with E-state index >= 15 is 0 Å². The van der Waals surface area contributed by atoms with Crippen LogP contribution in [0.5, 0.6) is 0 Å². The van der Waals surface area contributed by atoms with Crippen molar-refractivity contribution >= 4 is 23.0 Å². The molecule has 0 saturated carbocycles. The van der Waals surface area contributed by atoms with E-state index in [0.717, 1.165) is 69.5 Å². The summed E-state index contributed by atoms with van der Waals surface area (Å²) in [7, 11) is 0. The molecule has 2 atom stereocenters. The maximum atomic E-state index is 13.5. The Morgan fingerprint density at radius 1 is 0.968 bits per heavy atom. The van der Waals surface area contributed by atoms with Crippen molar-refractivity contribution < 1.29 is 9.21 Å². The topological polar surface area (TPSA) is 52.8 Å². The molecule has 3 aliphatic rings. The van der Waals surface area contributed by atoms with E-state index in [9.17, 15) is 4.79 Å². The molecule has 0 N–H and O–H groups in total. The number of hydrogen-bond donors (Lipinski definition) is 0. The number of anilines is 1. The summed E-state index contributed by atoms with van der Waals surface area (Å²) in [6.07, 6.45) is 4.03. The molecular formula is C25H28N4O2. The van der Waals surface area contributed by atoms with Crippen LogP contribution >= 0.6 is 0 Å². The minimum atomic E-state index is -0.158. The largest absolute Gasteiger partial charge is 0.423 e. The Bertz CT molecular complexity index is 1080. The van der Waals surface area contributed by atoms with Crippen molar-refractivity contribution in [3.8, 4) is 0 Å². The molecule has 160 valence electrons. The van der Waals surface area contributed by atoms with Crippen LogP contribution in [-0.4, -0.2) is 59.0 Å². The van der Waals surface area contributed by atoms with Gasteiger partial charge < -0.3 is 14.2 Å². The molecule has 31 heavy (non-hydrogen) atoms. The number of para-hydroxylation sites is 2. The molecular weight excluding hydrogens is 388 g/mol. The maximum Gasteiger partial charge on any atom is 0.299 e. The average Bonchev–Trinajstić information content (AvgIpc) is 3.57. The van der Waals surface area contributed by atoms with Crippen molar-refractivity contribution in [1.82, 2.24) is 14.8 Å². The van der Waals surface area contributed by atoms with Gasteiger partial charge in [-0.15, -0.1) is 0 Å². The van der Waals surface area contributed by atoms with E-state index in [1.54, 1.807) is 0 Å². The number of benzene rings is 2. The van der Waals surface area contributed by atoms with E-state index in [-0.39, 0.29) is 11.9 Å². The number of amides is 1. The van der Waals surface area contributed by atoms with Gasteiger partial charge in [0, 0.05) is 38.8 Å². The summed E-state index contributed by atoms with van der Waals surface area (Å²) in [4.78, 5) is 24.8. The Labute approximate surface area is 182 Å². The Kier molecular flexibility index (Phi) is 4.68. The molecule has 2 aromatic carbocycles. The van der Waals surface area contributed by atoms with E-state index < -0.39 is 0 Å². The van der Waals surface area contributed by atoms with Crippen LogP contribution in [0, 0.1) is 0 Å². The van der Waals surface area contributed by atoms with Gasteiger partial charge >= 0.3 is 0 Å². The molecule has 6 nitrogen and oxygen atoms in total. The quantitative estimate of drug-likeness (QED) is 0.655. The Hall–Kier alpha value is -2.86. The fourth-order valence-electron chi connectivity index (χ4n) is 5.52. The zero-order valence-electron chi connectivity index (χ0n) is 17.7. The van der Waals surface area contributed by atoms with E-state index in [4.69, 9.17) is 4.42 Å². The smallest absolute Gasteiger partial charge is 0.299 e. The molecule has 2 unspecified atom stereocenters. The van der Waals surface area contributed by atoms with E-state index in [1.807, 2.05) is 24.3 Å². The molecule has 0 spiro atoms. The van der Waals surface area contributed by atoms with E-state index in [0.29, 0.717) is 12.1 Å². The van der Waals surface area contributed by atoms with Crippen molar-refractivity contribution in [2.24, 2.45) is 0 Å². The van der Waals surface area contributed by atoms with Crippen molar-refractivity contribution in [3.63, 3.8) is 0 Å². The van der Waals surface area contributed by atoms with Crippen molar-refractivity contribution in [1.29, 1.82) is 0 Å². The fourth-order valence-corrected chi connectivity index (χ4v) is 5.52. The molecule has 3 aliphatic heterocycles. The first-order valence-electron chi connectivity index (χ1n) is 11.5. The van der Waals surface area contributed by atoms with Crippen LogP contribution in [0.15, 0.2) is 52.9 Å². The highest BCUT2D eigenvalue weighted by molar-refractivity contribution is 5.86. The maximum absolute atomic E-state index is 13.5. The number of carbonyl (C=O) groups excluding carboxylic acids is 1. The number of likely N-dealkylation sites (tertiary alicyclic amines) is 1. The van der Waals surface area contributed by atoms with Gasteiger partial charge in [-0.3, -0.25) is 9.69 Å². The summed E-state index contributed by atoms with van der Waals surface area (Å²) in [5, 5.41) is 0. The lowest BCUT2D eigenvalue weighted by molar-refractivity contribution is -0.131. The second-order valence-electron chi connectivity index (χ2n) is 9.03. The van der Waals surface area contributed by atoms with Crippen molar-refractivity contribution in [2.45, 2.75) is 44.3 Å². The molecule has 0 bridgehead atoms. The van der Waals surface area contributed by atoms with Gasteiger partial charge in [-0.05, 0) is 48.9 Å². The van der Waals surface area contributed by atoms with Gasteiger partial charge in [0.2, 0.25) is 5.91 Å². The first-order valence-corrected chi connectivity index (χ1v) is 11.5. The second-order valence-corrected chi connectivity index (χ2v) is 9.03. The predicted molar refractivity (Wildman–Crippen MR) is 120 cm³/mol. The lowest BCUT2D eigenvalue weighted by Crippen LogP contribution is -2.47. The first-order chi connectivity index (χ1) is 15.3. The Morgan fingerprint density at radius 3 is 2.71 bits per heavy atom. The van der Waals surface area contributed by atoms with Gasteiger partial charge in [-0.2, -0.15) is 4.98 Å². The third-order valence-corrected chi connectivity index (χ3v) is 7.22. The second kappa shape index (κ2) is 7.68. The van der Waals surface area contributed by atoms with Gasteiger partial charge in [0.25, 0.3) is 6.01 Å². The van der Waals surface area contributed by atoms with E-state index in [2.05, 4.69) is 43.9 Å². The number of aromatic nitrogens is 1.